The Hall–Kier alpha value is 0.917. The predicted octanol–water partition coefficient (Wildman–Crippen LogP) is 0.463. The fraction of sp³-hybridized carbons (Fsp3) is 1.00. The monoisotopic (exact) mass is 136 g/mol. The molecule has 0 N–H and O–H groups in total. The third kappa shape index (κ3) is 1.20. The van der Waals surface area contributed by atoms with E-state index in [4.69, 9.17) is 0 Å². The molecule has 0 radical (unpaired) electrons. The van der Waals surface area contributed by atoms with Crippen molar-refractivity contribution in [3.8, 4) is 0 Å². The third-order valence-corrected chi connectivity index (χ3v) is 6.15. The highest BCUT2D eigenvalue weighted by Gasteiger charge is 2.08. The molecule has 1 aliphatic rings. The van der Waals surface area contributed by atoms with Crippen molar-refractivity contribution in [3.05, 3.63) is 0 Å². The molecule has 0 nitrogen and oxygen atoms in total. The largest absolute Gasteiger partial charge is 0.0949 e. The van der Waals surface area contributed by atoms with Gasteiger partial charge in [0.2, 0.25) is 0 Å². The van der Waals surface area contributed by atoms with Crippen molar-refractivity contribution in [3.63, 3.8) is 0 Å². The van der Waals surface area contributed by atoms with Gasteiger partial charge in [-0.2, -0.15) is 0 Å². The molecule has 3 heteroatoms. The summed E-state index contributed by atoms with van der Waals surface area (Å²) in [5, 5.41) is 0. The maximum absolute atomic E-state index is 2.08. The van der Waals surface area contributed by atoms with E-state index in [0.29, 0.717) is 0 Å². The lowest BCUT2D eigenvalue weighted by atomic mass is 10.6. The van der Waals surface area contributed by atoms with Crippen LogP contribution in [0.25, 0.3) is 0 Å². The molecule has 0 aromatic carbocycles. The van der Waals surface area contributed by atoms with Gasteiger partial charge in [-0.05, 0) is 6.42 Å². The van der Waals surface area contributed by atoms with Gasteiger partial charge in [0, 0.05) is 20.9 Å². The van der Waals surface area contributed by atoms with E-state index >= 15 is 0 Å². The van der Waals surface area contributed by atoms with E-state index in [-0.39, 0.29) is 0 Å². The molecule has 1 atom stereocenters. The van der Waals surface area contributed by atoms with Crippen molar-refractivity contribution in [1.82, 2.24) is 0 Å². The fourth-order valence-electron chi connectivity index (χ4n) is 0.426. The molecule has 1 saturated heterocycles. The maximum Gasteiger partial charge on any atom is 0.0204 e. The Morgan fingerprint density at radius 3 is 2.67 bits per heavy atom. The Morgan fingerprint density at radius 1 is 1.67 bits per heavy atom. The molecule has 0 saturated carbocycles. The minimum atomic E-state index is 1.06. The second-order valence-electron chi connectivity index (χ2n) is 1.52. The van der Waals surface area contributed by atoms with Gasteiger partial charge >= 0.3 is 0 Å². The molecule has 0 aromatic rings. The zero-order chi connectivity index (χ0) is 4.41. The quantitative estimate of drug-likeness (QED) is 0.350. The summed E-state index contributed by atoms with van der Waals surface area (Å²) in [5.41, 5.74) is 0. The van der Waals surface area contributed by atoms with Crippen LogP contribution in [0.15, 0.2) is 0 Å². The number of rotatable bonds is 0. The fourth-order valence-corrected chi connectivity index (χ4v) is 5.06. The van der Waals surface area contributed by atoms with Crippen molar-refractivity contribution >= 4 is 31.8 Å². The first kappa shape index (κ1) is 5.06. The minimum absolute atomic E-state index is 1.06. The minimum Gasteiger partial charge on any atom is -0.0949 e. The smallest absolute Gasteiger partial charge is 0.0204 e. The predicted molar refractivity (Wildman–Crippen MR) is 38.4 cm³/mol. The van der Waals surface area contributed by atoms with Gasteiger partial charge in [-0.15, -0.1) is 0 Å². The molecular formula is C3H8S2Si. The highest BCUT2D eigenvalue weighted by atomic mass is 33.1. The van der Waals surface area contributed by atoms with Gasteiger partial charge in [0.1, 0.15) is 0 Å². The van der Waals surface area contributed by atoms with E-state index in [1.165, 1.54) is 22.4 Å². The van der Waals surface area contributed by atoms with Gasteiger partial charge in [-0.25, -0.2) is 0 Å². The van der Waals surface area contributed by atoms with E-state index in [1.807, 2.05) is 10.8 Å². The molecule has 6 heavy (non-hydrogen) atoms. The zero-order valence-electron chi connectivity index (χ0n) is 3.81. The van der Waals surface area contributed by atoms with Gasteiger partial charge in [-0.3, -0.25) is 0 Å². The number of hydrogen-bond donors (Lipinski definition) is 0. The van der Waals surface area contributed by atoms with Crippen molar-refractivity contribution in [2.45, 2.75) is 11.3 Å². The highest BCUT2D eigenvalue weighted by Crippen LogP contribution is 2.35. The van der Waals surface area contributed by atoms with Crippen LogP contribution in [0.3, 0.4) is 0 Å². The second-order valence-corrected chi connectivity index (χ2v) is 6.67. The molecule has 0 amide bonds. The molecule has 1 aliphatic heterocycles. The van der Waals surface area contributed by atoms with Crippen molar-refractivity contribution < 1.29 is 0 Å². The summed E-state index contributed by atoms with van der Waals surface area (Å²) in [4.78, 5) is 1.06. The van der Waals surface area contributed by atoms with Gasteiger partial charge in [0.05, 0.1) is 0 Å². The normalized spacial score (nSPS) is 35.0. The van der Waals surface area contributed by atoms with Crippen LogP contribution < -0.4 is 0 Å². The Labute approximate surface area is 49.3 Å². The summed E-state index contributed by atoms with van der Waals surface area (Å²) in [6.45, 7) is 0. The highest BCUT2D eigenvalue weighted by molar-refractivity contribution is 8.77. The van der Waals surface area contributed by atoms with Crippen LogP contribution in [0.4, 0.5) is 0 Å². The lowest BCUT2D eigenvalue weighted by Gasteiger charge is -1.89. The summed E-state index contributed by atoms with van der Waals surface area (Å²) in [7, 11) is 5.50. The molecule has 0 bridgehead atoms. The lowest BCUT2D eigenvalue weighted by molar-refractivity contribution is 1.08. The Kier molecular flexibility index (Phi) is 1.93. The van der Waals surface area contributed by atoms with Gasteiger partial charge < -0.3 is 0 Å². The van der Waals surface area contributed by atoms with E-state index in [9.17, 15) is 0 Å². The number of hydrogen-bond acceptors (Lipinski definition) is 2. The van der Waals surface area contributed by atoms with Gasteiger partial charge in [-0.1, -0.05) is 21.6 Å². The molecule has 0 spiro atoms. The molecule has 0 aromatic heterocycles. The van der Waals surface area contributed by atoms with Crippen molar-refractivity contribution in [2.75, 3.05) is 5.75 Å². The first-order chi connectivity index (χ1) is 2.89. The molecular weight excluding hydrogens is 128 g/mol. The average molecular weight is 136 g/mol. The standard InChI is InChI=1S/C3H8S2Si/c6-3-1-2-4-5-3/h3H,1-2H2,6H3. The van der Waals surface area contributed by atoms with E-state index in [0.717, 1.165) is 4.87 Å². The summed E-state index contributed by atoms with van der Waals surface area (Å²) < 4.78 is 0. The first-order valence-electron chi connectivity index (χ1n) is 2.18. The Morgan fingerprint density at radius 2 is 2.50 bits per heavy atom. The van der Waals surface area contributed by atoms with Crippen LogP contribution in [-0.2, 0) is 0 Å². The zero-order valence-corrected chi connectivity index (χ0v) is 7.44. The summed E-state index contributed by atoms with van der Waals surface area (Å²) in [6, 6.07) is 0. The van der Waals surface area contributed by atoms with Crippen molar-refractivity contribution in [2.24, 2.45) is 0 Å². The molecule has 1 rings (SSSR count). The molecule has 1 unspecified atom stereocenters. The Balaban J connectivity index is 2.18. The van der Waals surface area contributed by atoms with Crippen LogP contribution in [0.1, 0.15) is 6.42 Å². The van der Waals surface area contributed by atoms with Crippen LogP contribution in [-0.4, -0.2) is 20.9 Å². The summed E-state index contributed by atoms with van der Waals surface area (Å²) in [6.07, 6.45) is 1.47. The SMILES string of the molecule is [SiH3]C1CCSS1. The van der Waals surface area contributed by atoms with E-state index in [2.05, 4.69) is 10.8 Å². The second kappa shape index (κ2) is 2.28. The van der Waals surface area contributed by atoms with E-state index < -0.39 is 0 Å². The van der Waals surface area contributed by atoms with Crippen LogP contribution in [0.5, 0.6) is 0 Å². The van der Waals surface area contributed by atoms with E-state index in [1.54, 1.807) is 0 Å². The summed E-state index contributed by atoms with van der Waals surface area (Å²) in [5.74, 6) is 1.40. The molecule has 36 valence electrons. The molecule has 1 fully saturated rings. The third-order valence-electron chi connectivity index (χ3n) is 0.840. The Bertz CT molecular complexity index is 42.1. The average Bonchev–Trinajstić information content (AvgIpc) is 1.86. The first-order valence-corrected chi connectivity index (χ1v) is 5.71. The topological polar surface area (TPSA) is 0 Å². The van der Waals surface area contributed by atoms with Crippen molar-refractivity contribution in [1.29, 1.82) is 0 Å². The molecule has 1 heterocycles. The summed E-state index contributed by atoms with van der Waals surface area (Å²) >= 11 is 0. The van der Waals surface area contributed by atoms with Crippen LogP contribution in [0, 0.1) is 0 Å². The van der Waals surface area contributed by atoms with Gasteiger partial charge in [0.15, 0.2) is 0 Å². The van der Waals surface area contributed by atoms with Gasteiger partial charge in [0.25, 0.3) is 0 Å². The van der Waals surface area contributed by atoms with Crippen LogP contribution in [0.2, 0.25) is 0 Å². The van der Waals surface area contributed by atoms with Crippen LogP contribution >= 0.6 is 21.6 Å². The molecule has 0 aliphatic carbocycles. The maximum atomic E-state index is 2.08. The lowest BCUT2D eigenvalue weighted by Crippen LogP contribution is -1.92.